The van der Waals surface area contributed by atoms with Crippen molar-refractivity contribution in [2.75, 3.05) is 13.1 Å². The van der Waals surface area contributed by atoms with E-state index in [9.17, 15) is 28.8 Å². The van der Waals surface area contributed by atoms with Crippen LogP contribution in [0.2, 0.25) is 0 Å². The minimum absolute atomic E-state index is 0. The minimum atomic E-state index is -1.44. The van der Waals surface area contributed by atoms with Gasteiger partial charge in [-0.3, -0.25) is 24.0 Å². The van der Waals surface area contributed by atoms with Crippen molar-refractivity contribution in [1.29, 1.82) is 0 Å². The first-order chi connectivity index (χ1) is 21.0. The molecule has 4 aliphatic rings. The summed E-state index contributed by atoms with van der Waals surface area (Å²) in [5.74, 6) is -6.50. The van der Waals surface area contributed by atoms with Crippen molar-refractivity contribution >= 4 is 54.5 Å². The fourth-order valence-corrected chi connectivity index (χ4v) is 4.31. The van der Waals surface area contributed by atoms with Crippen molar-refractivity contribution in [2.24, 2.45) is 10.8 Å². The van der Waals surface area contributed by atoms with Crippen molar-refractivity contribution in [3.63, 3.8) is 0 Å². The van der Waals surface area contributed by atoms with Crippen LogP contribution in [0.5, 0.6) is 0 Å². The number of Topliss-reactive ketones (excluding diaryl/α,β-unsaturated/α-hetero) is 1. The molecule has 25 heteroatoms. The van der Waals surface area contributed by atoms with Crippen molar-refractivity contribution in [2.45, 2.75) is 102 Å². The van der Waals surface area contributed by atoms with Crippen LogP contribution in [-0.2, 0) is 108 Å². The minimum Gasteiger partial charge on any atom is -0.693 e. The number of carbonyl (C=O) groups excluding carboxylic acids is 1. The summed E-state index contributed by atoms with van der Waals surface area (Å²) in [6, 6.07) is 0.229. The number of nitrogens with one attached hydrogen (secondary N) is 3. The fourth-order valence-electron chi connectivity index (χ4n) is 4.31. The van der Waals surface area contributed by atoms with Gasteiger partial charge in [-0.1, -0.05) is 44.9 Å². The number of carboxylic acid groups (broad SMARTS) is 5. The van der Waals surface area contributed by atoms with Gasteiger partial charge in [-0.2, -0.15) is 24.7 Å². The van der Waals surface area contributed by atoms with Crippen LogP contribution in [0.25, 0.3) is 47.1 Å². The van der Waals surface area contributed by atoms with Crippen LogP contribution in [-0.4, -0.2) is 92.4 Å². The smallest absolute Gasteiger partial charge is 0.693 e. The van der Waals surface area contributed by atoms with Gasteiger partial charge in [0.05, 0.1) is 5.41 Å². The molecule has 0 aromatic rings. The zero-order chi connectivity index (χ0) is 35.2. The molecule has 0 spiro atoms. The molecule has 0 aromatic carbocycles. The molecule has 0 aromatic heterocycles. The maximum atomic E-state index is 10.7. The Morgan fingerprint density at radius 2 is 1.00 bits per heavy atom. The van der Waals surface area contributed by atoms with E-state index in [4.69, 9.17) is 61.6 Å². The zero-order valence-corrected chi connectivity index (χ0v) is 38.6. The van der Waals surface area contributed by atoms with E-state index in [1.54, 1.807) is 0 Å². The van der Waals surface area contributed by atoms with E-state index in [1.165, 1.54) is 19.3 Å². The van der Waals surface area contributed by atoms with Crippen molar-refractivity contribution in [3.05, 3.63) is 54.0 Å². The van der Waals surface area contributed by atoms with Crippen LogP contribution >= 0.6 is 18.8 Å². The largest absolute Gasteiger partial charge is 2.00 e. The van der Waals surface area contributed by atoms with E-state index in [1.807, 2.05) is 0 Å². The summed E-state index contributed by atoms with van der Waals surface area (Å²) in [5.41, 5.74) is 18.9. The molecule has 1 saturated heterocycles. The average Bonchev–Trinajstić information content (AvgIpc) is 3.39. The van der Waals surface area contributed by atoms with Gasteiger partial charge in [0, 0.05) is 26.8 Å². The molecule has 3 atom stereocenters. The molecule has 19 nitrogen and oxygen atoms in total. The third-order valence-electron chi connectivity index (χ3n) is 7.56. The molecular weight excluding hydrogens is 1460 g/mol. The number of carboxylic acids is 5. The number of rotatable bonds is 7. The topological polar surface area (TPSA) is 423 Å². The summed E-state index contributed by atoms with van der Waals surface area (Å²) in [4.78, 5) is 60.8. The number of hydrogen-bond donors (Lipinski definition) is 5. The Balaban J connectivity index is -0.0000000607. The number of carbonyl (C=O) groups is 6. The standard InChI is InChI=1S/C7H9O3.C6H12N2.C6H8O4.C5H10N2.C3H4O4.2ClH.4H2N.4Pt/c1-5(8)7(6(9)10)3-2-4-7;7-5-3-1-2-4-6(5)8;7-4(8)6(5(9)10)2-1-3-6;6-4-5-2-1-3-7-5;4-2(5)1-3(6)7;;;;;;;;;;/h1-4H2,(H,9,10);5-8H,1-4H2;1-3H2,(H,7,8)(H,9,10);5-6H,1-4H2;1H2,(H,4,5)(H,6,7);2*1H;4*1H2;;;;/q-1;-2;;-2;;;;4*-1;;2*+2;+4/p-2/t;5-,6-;;5-;;;;;;;;;;;/m.0.0.........../s1. The summed E-state index contributed by atoms with van der Waals surface area (Å²) in [6.07, 6.45) is 8.82. The number of aliphatic carboxylic acids is 5. The van der Waals surface area contributed by atoms with Gasteiger partial charge in [-0.15, -0.1) is 6.54 Å². The Bertz CT molecular complexity index is 877. The number of ketones is 1. The molecule has 1 aliphatic heterocycles. The van der Waals surface area contributed by atoms with Gasteiger partial charge in [-0.05, 0) is 32.1 Å². The Labute approximate surface area is 365 Å². The van der Waals surface area contributed by atoms with E-state index in [-0.39, 0.29) is 113 Å². The molecule has 4 rings (SSSR count). The van der Waals surface area contributed by atoms with E-state index in [0.717, 1.165) is 32.2 Å². The van der Waals surface area contributed by atoms with Gasteiger partial charge in [0.15, 0.2) is 5.41 Å². The molecule has 0 unspecified atom stereocenters. The van der Waals surface area contributed by atoms with Gasteiger partial charge in [0.2, 0.25) is 0 Å². The Morgan fingerprint density at radius 3 is 1.08 bits per heavy atom. The molecule has 16 N–H and O–H groups in total. The van der Waals surface area contributed by atoms with Crippen LogP contribution in [0.3, 0.4) is 0 Å². The Morgan fingerprint density at radius 1 is 0.673 bits per heavy atom. The molecular formula is C27H51Cl2N8O11Pt4-3. The number of nitrogens with two attached hydrogens (primary N) is 4. The SMILES string of the molecule is O=C(O)C1(C(=O)O)CCC1.O=C(O)CC(=O)O.[CH2-]C(=O)C1(C(=O)O)CCC1.[Cl][Pt+2][Cl].[NH-]C[C@@H]1CCC[N-]1.[NH-][C@H]1CCCC[C@@H]1[NH-].[NH2-].[NH2-].[NH2-].[NH2-].[Pt+2].[Pt+2].[Pt]. The quantitative estimate of drug-likeness (QED) is 0.118. The third-order valence-corrected chi connectivity index (χ3v) is 7.56. The maximum absolute atomic E-state index is 10.7. The summed E-state index contributed by atoms with van der Waals surface area (Å²) in [6.45, 7) is 4.64. The van der Waals surface area contributed by atoms with Crippen LogP contribution < -0.4 is 0 Å². The molecule has 322 valence electrons. The summed E-state index contributed by atoms with van der Waals surface area (Å²) >= 11 is -0.472. The Kier molecular flexibility index (Phi) is 57.0. The van der Waals surface area contributed by atoms with Crippen LogP contribution in [0.15, 0.2) is 0 Å². The van der Waals surface area contributed by atoms with Crippen molar-refractivity contribution < 1.29 is 134 Å². The second-order valence-corrected chi connectivity index (χ2v) is 13.9. The van der Waals surface area contributed by atoms with Gasteiger partial charge in [-0.25, -0.2) is 0 Å². The maximum Gasteiger partial charge on any atom is 2.00 e. The number of nitrogens with zero attached hydrogens (tertiary/aromatic N) is 1. The zero-order valence-electron chi connectivity index (χ0n) is 28.0. The van der Waals surface area contributed by atoms with Gasteiger partial charge >= 0.3 is 107 Å². The van der Waals surface area contributed by atoms with Gasteiger partial charge in [0.25, 0.3) is 0 Å². The number of hydrogen-bond acceptors (Lipinski definition) is 6. The predicted octanol–water partition coefficient (Wildman–Crippen LogP) is 8.73. The normalized spacial score (nSPS) is 20.0. The molecule has 0 amide bonds. The van der Waals surface area contributed by atoms with E-state index >= 15 is 0 Å². The molecule has 52 heavy (non-hydrogen) atoms. The second-order valence-electron chi connectivity index (χ2n) is 10.6. The summed E-state index contributed by atoms with van der Waals surface area (Å²) < 4.78 is 0. The summed E-state index contributed by atoms with van der Waals surface area (Å²) in [7, 11) is 9.75. The van der Waals surface area contributed by atoms with Gasteiger partial charge < -0.3 is 84.4 Å². The molecule has 0 bridgehead atoms. The van der Waals surface area contributed by atoms with Crippen LogP contribution in [0.1, 0.15) is 83.5 Å². The molecule has 4 fully saturated rings. The van der Waals surface area contributed by atoms with E-state index in [0.29, 0.717) is 31.8 Å². The van der Waals surface area contributed by atoms with E-state index in [2.05, 4.69) is 12.2 Å². The first kappa shape index (κ1) is 73.1. The second kappa shape index (κ2) is 40.6. The molecule has 0 radical (unpaired) electrons. The van der Waals surface area contributed by atoms with E-state index < -0.39 is 69.4 Å². The van der Waals surface area contributed by atoms with Crippen molar-refractivity contribution in [3.8, 4) is 0 Å². The van der Waals surface area contributed by atoms with Crippen LogP contribution in [0.4, 0.5) is 0 Å². The Hall–Kier alpha value is -0.0968. The molecule has 3 saturated carbocycles. The monoisotopic (exact) mass is 1510 g/mol. The van der Waals surface area contributed by atoms with Crippen molar-refractivity contribution in [1.82, 2.24) is 0 Å². The molecule has 1 heterocycles. The summed E-state index contributed by atoms with van der Waals surface area (Å²) in [5, 5.41) is 45.1. The fraction of sp³-hybridized carbons (Fsp3) is 0.741. The number of halogens is 2. The third kappa shape index (κ3) is 29.2. The molecule has 3 aliphatic carbocycles. The predicted molar refractivity (Wildman–Crippen MR) is 184 cm³/mol. The average molecular weight is 1510 g/mol. The van der Waals surface area contributed by atoms with Gasteiger partial charge in [0.1, 0.15) is 6.42 Å². The first-order valence-corrected chi connectivity index (χ1v) is 19.7. The first-order valence-electron chi connectivity index (χ1n) is 14.0. The van der Waals surface area contributed by atoms with Crippen LogP contribution in [0, 0.1) is 17.8 Å².